The molecule has 21 heavy (non-hydrogen) atoms. The van der Waals surface area contributed by atoms with Gasteiger partial charge in [-0.1, -0.05) is 6.92 Å². The van der Waals surface area contributed by atoms with Crippen molar-refractivity contribution in [3.05, 3.63) is 21.7 Å². The van der Waals surface area contributed by atoms with Crippen molar-refractivity contribution in [2.24, 2.45) is 0 Å². The molecule has 0 atom stereocenters. The molecule has 2 heterocycles. The molecule has 2 rings (SSSR count). The average Bonchev–Trinajstić information content (AvgIpc) is 2.84. The molecule has 0 saturated carbocycles. The molecule has 0 amide bonds. The lowest BCUT2D eigenvalue weighted by atomic mass is 10.3. The Morgan fingerprint density at radius 2 is 2.00 bits per heavy atom. The number of hydrogen-bond donors (Lipinski definition) is 1. The fraction of sp³-hybridized carbons (Fsp3) is 0.600. The van der Waals surface area contributed by atoms with Crippen molar-refractivity contribution in [2.75, 3.05) is 39.3 Å². The molecule has 1 aliphatic rings. The monoisotopic (exact) mass is 309 g/mol. The molecule has 6 heteroatoms. The Hall–Kier alpha value is -1.24. The van der Waals surface area contributed by atoms with Crippen LogP contribution in [0.15, 0.2) is 6.08 Å². The van der Waals surface area contributed by atoms with Crippen LogP contribution >= 0.6 is 11.3 Å². The van der Waals surface area contributed by atoms with Crippen LogP contribution in [-0.4, -0.2) is 65.1 Å². The number of aryl methyl sites for hydroxylation is 1. The number of aliphatic carboxylic acids is 1. The number of hydrogen-bond acceptors (Lipinski definition) is 5. The maximum absolute atomic E-state index is 10.6. The fourth-order valence-electron chi connectivity index (χ4n) is 2.46. The molecule has 1 N–H and O–H groups in total. The van der Waals surface area contributed by atoms with E-state index in [0.29, 0.717) is 0 Å². The molecule has 5 nitrogen and oxygen atoms in total. The van der Waals surface area contributed by atoms with Crippen molar-refractivity contribution in [1.29, 1.82) is 0 Å². The molecule has 116 valence electrons. The minimum atomic E-state index is -0.918. The topological polar surface area (TPSA) is 56.7 Å². The summed E-state index contributed by atoms with van der Waals surface area (Å²) in [5, 5.41) is 9.77. The summed E-state index contributed by atoms with van der Waals surface area (Å²) in [7, 11) is 0. The van der Waals surface area contributed by atoms with Gasteiger partial charge in [-0.05, 0) is 19.5 Å². The van der Waals surface area contributed by atoms with E-state index in [-0.39, 0.29) is 0 Å². The third-order valence-corrected chi connectivity index (χ3v) is 4.99. The standard InChI is InChI=1S/C15H23N3O2S/c1-3-17-8-10-18(11-9-17)7-6-14-16-12(2)13(21-14)4-5-15(19)20/h4-5H,3,6-11H2,1-2H3,(H,19,20)/b5-4+. The highest BCUT2D eigenvalue weighted by Crippen LogP contribution is 2.20. The van der Waals surface area contributed by atoms with Crippen LogP contribution in [0.3, 0.4) is 0 Å². The largest absolute Gasteiger partial charge is 0.478 e. The summed E-state index contributed by atoms with van der Waals surface area (Å²) in [4.78, 5) is 21.0. The maximum atomic E-state index is 10.6. The molecular formula is C15H23N3O2S. The van der Waals surface area contributed by atoms with E-state index in [1.165, 1.54) is 6.08 Å². The lowest BCUT2D eigenvalue weighted by molar-refractivity contribution is -0.131. The summed E-state index contributed by atoms with van der Waals surface area (Å²) in [6.07, 6.45) is 3.76. The van der Waals surface area contributed by atoms with E-state index in [1.807, 2.05) is 6.92 Å². The SMILES string of the molecule is CCN1CCN(CCc2nc(C)c(/C=C/C(=O)O)s2)CC1. The highest BCUT2D eigenvalue weighted by Gasteiger charge is 2.15. The second-order valence-corrected chi connectivity index (χ2v) is 6.37. The number of carbonyl (C=O) groups is 1. The molecule has 1 aromatic rings. The average molecular weight is 309 g/mol. The van der Waals surface area contributed by atoms with Gasteiger partial charge in [0.1, 0.15) is 0 Å². The van der Waals surface area contributed by atoms with Gasteiger partial charge < -0.3 is 14.9 Å². The van der Waals surface area contributed by atoms with Crippen LogP contribution in [0.4, 0.5) is 0 Å². The number of rotatable bonds is 6. The van der Waals surface area contributed by atoms with Gasteiger partial charge in [-0.3, -0.25) is 0 Å². The molecule has 0 aliphatic carbocycles. The minimum absolute atomic E-state index is 0.918. The van der Waals surface area contributed by atoms with E-state index in [2.05, 4.69) is 21.7 Å². The molecule has 1 fully saturated rings. The number of carboxylic acids is 1. The molecular weight excluding hydrogens is 286 g/mol. The van der Waals surface area contributed by atoms with Gasteiger partial charge in [-0.2, -0.15) is 0 Å². The Labute approximate surface area is 129 Å². The second kappa shape index (κ2) is 7.68. The first-order valence-electron chi connectivity index (χ1n) is 7.40. The van der Waals surface area contributed by atoms with Crippen LogP contribution in [0.5, 0.6) is 0 Å². The Morgan fingerprint density at radius 3 is 2.62 bits per heavy atom. The van der Waals surface area contributed by atoms with Gasteiger partial charge in [0.05, 0.1) is 15.6 Å². The smallest absolute Gasteiger partial charge is 0.328 e. The van der Waals surface area contributed by atoms with Crippen LogP contribution in [0.2, 0.25) is 0 Å². The molecule has 0 spiro atoms. The van der Waals surface area contributed by atoms with E-state index in [9.17, 15) is 4.79 Å². The summed E-state index contributed by atoms with van der Waals surface area (Å²) < 4.78 is 0. The van der Waals surface area contributed by atoms with Gasteiger partial charge in [0.25, 0.3) is 0 Å². The normalized spacial score (nSPS) is 17.6. The second-order valence-electron chi connectivity index (χ2n) is 5.25. The molecule has 0 bridgehead atoms. The first-order valence-corrected chi connectivity index (χ1v) is 8.22. The number of aromatic nitrogens is 1. The number of carboxylic acid groups (broad SMARTS) is 1. The first-order chi connectivity index (χ1) is 10.1. The summed E-state index contributed by atoms with van der Waals surface area (Å²) in [6.45, 7) is 10.9. The van der Waals surface area contributed by atoms with Crippen LogP contribution in [0.1, 0.15) is 22.5 Å². The van der Waals surface area contributed by atoms with E-state index >= 15 is 0 Å². The highest BCUT2D eigenvalue weighted by atomic mass is 32.1. The third kappa shape index (κ3) is 4.91. The van der Waals surface area contributed by atoms with Gasteiger partial charge in [-0.15, -0.1) is 11.3 Å². The van der Waals surface area contributed by atoms with Crippen molar-refractivity contribution >= 4 is 23.4 Å². The van der Waals surface area contributed by atoms with Gasteiger partial charge >= 0.3 is 5.97 Å². The summed E-state index contributed by atoms with van der Waals surface area (Å²) in [6, 6.07) is 0. The van der Waals surface area contributed by atoms with Crippen LogP contribution < -0.4 is 0 Å². The number of piperazine rings is 1. The zero-order valence-corrected chi connectivity index (χ0v) is 13.5. The molecule has 0 aromatic carbocycles. The predicted octanol–water partition coefficient (Wildman–Crippen LogP) is 1.73. The Balaban J connectivity index is 1.84. The Morgan fingerprint density at radius 1 is 1.33 bits per heavy atom. The third-order valence-electron chi connectivity index (χ3n) is 3.81. The lowest BCUT2D eigenvalue weighted by Gasteiger charge is -2.33. The van der Waals surface area contributed by atoms with Crippen molar-refractivity contribution in [3.63, 3.8) is 0 Å². The number of thiazole rings is 1. The zero-order chi connectivity index (χ0) is 15.2. The molecule has 1 saturated heterocycles. The first kappa shape index (κ1) is 16.1. The van der Waals surface area contributed by atoms with Gasteiger partial charge in [0.2, 0.25) is 0 Å². The van der Waals surface area contributed by atoms with E-state index in [4.69, 9.17) is 5.11 Å². The minimum Gasteiger partial charge on any atom is -0.478 e. The fourth-order valence-corrected chi connectivity index (χ4v) is 3.42. The molecule has 0 unspecified atom stereocenters. The number of nitrogens with zero attached hydrogens (tertiary/aromatic N) is 3. The number of likely N-dealkylation sites (N-methyl/N-ethyl adjacent to an activating group) is 1. The lowest BCUT2D eigenvalue weighted by Crippen LogP contribution is -2.46. The molecule has 1 aliphatic heterocycles. The summed E-state index contributed by atoms with van der Waals surface area (Å²) in [5.74, 6) is -0.918. The van der Waals surface area contributed by atoms with Crippen molar-refractivity contribution < 1.29 is 9.90 Å². The quantitative estimate of drug-likeness (QED) is 0.811. The van der Waals surface area contributed by atoms with E-state index in [1.54, 1.807) is 17.4 Å². The zero-order valence-electron chi connectivity index (χ0n) is 12.7. The van der Waals surface area contributed by atoms with Gasteiger partial charge in [0.15, 0.2) is 0 Å². The van der Waals surface area contributed by atoms with Crippen molar-refractivity contribution in [3.8, 4) is 0 Å². The van der Waals surface area contributed by atoms with Crippen LogP contribution in [-0.2, 0) is 11.2 Å². The van der Waals surface area contributed by atoms with E-state index in [0.717, 1.165) is 61.3 Å². The van der Waals surface area contributed by atoms with Crippen LogP contribution in [0.25, 0.3) is 6.08 Å². The predicted molar refractivity (Wildman–Crippen MR) is 85.8 cm³/mol. The summed E-state index contributed by atoms with van der Waals surface area (Å²) in [5.41, 5.74) is 0.920. The molecule has 0 radical (unpaired) electrons. The van der Waals surface area contributed by atoms with Gasteiger partial charge in [-0.25, -0.2) is 9.78 Å². The van der Waals surface area contributed by atoms with Crippen LogP contribution in [0, 0.1) is 6.92 Å². The maximum Gasteiger partial charge on any atom is 0.328 e. The van der Waals surface area contributed by atoms with Crippen molar-refractivity contribution in [1.82, 2.24) is 14.8 Å². The highest BCUT2D eigenvalue weighted by molar-refractivity contribution is 7.12. The summed E-state index contributed by atoms with van der Waals surface area (Å²) >= 11 is 1.60. The Bertz CT molecular complexity index is 505. The molecule has 1 aromatic heterocycles. The van der Waals surface area contributed by atoms with E-state index < -0.39 is 5.97 Å². The Kier molecular flexibility index (Phi) is 5.90. The van der Waals surface area contributed by atoms with Crippen molar-refractivity contribution in [2.45, 2.75) is 20.3 Å². The van der Waals surface area contributed by atoms with Gasteiger partial charge in [0, 0.05) is 45.2 Å².